The van der Waals surface area contributed by atoms with Crippen LogP contribution in [0, 0.1) is 11.3 Å². The number of esters is 1. The first-order valence-corrected chi connectivity index (χ1v) is 7.27. The Kier molecular flexibility index (Phi) is 6.96. The summed E-state index contributed by atoms with van der Waals surface area (Å²) < 4.78 is 4.72. The summed E-state index contributed by atoms with van der Waals surface area (Å²) in [5.41, 5.74) is 7.54. The number of nitrogens with one attached hydrogen (secondary N) is 3. The minimum atomic E-state index is -1.26. The van der Waals surface area contributed by atoms with E-state index in [9.17, 15) is 14.4 Å². The average Bonchev–Trinajstić information content (AvgIpc) is 2.54. The Bertz CT molecular complexity index is 547. The SMILES string of the molecule is COC(=O)C1CCC(NC(=O)C2C(=O)NN=CN2C(=N)N)CC1.Cl. The molecule has 1 unspecified atom stereocenters. The molecule has 0 bridgehead atoms. The number of amides is 2. The molecule has 1 saturated carbocycles. The molecule has 0 spiro atoms. The Morgan fingerprint density at radius 3 is 2.58 bits per heavy atom. The Balaban J connectivity index is 0.00000288. The molecule has 1 aliphatic carbocycles. The van der Waals surface area contributed by atoms with E-state index < -0.39 is 23.8 Å². The van der Waals surface area contributed by atoms with E-state index in [4.69, 9.17) is 15.9 Å². The number of ether oxygens (including phenoxy) is 1. The molecule has 1 fully saturated rings. The fraction of sp³-hybridized carbons (Fsp3) is 0.615. The molecule has 0 aromatic carbocycles. The van der Waals surface area contributed by atoms with E-state index in [1.165, 1.54) is 7.11 Å². The molecule has 1 heterocycles. The largest absolute Gasteiger partial charge is 0.469 e. The maximum atomic E-state index is 12.3. The molecule has 1 atom stereocenters. The first-order valence-electron chi connectivity index (χ1n) is 7.27. The van der Waals surface area contributed by atoms with Crippen molar-refractivity contribution < 1.29 is 19.1 Å². The molecule has 10 nitrogen and oxygen atoms in total. The Hall–Kier alpha value is -2.36. The van der Waals surface area contributed by atoms with Crippen molar-refractivity contribution in [1.29, 1.82) is 5.41 Å². The molecule has 134 valence electrons. The maximum absolute atomic E-state index is 12.3. The van der Waals surface area contributed by atoms with Crippen LogP contribution in [0.15, 0.2) is 5.10 Å². The second-order valence-electron chi connectivity index (χ2n) is 5.50. The van der Waals surface area contributed by atoms with Gasteiger partial charge in [0.2, 0.25) is 0 Å². The van der Waals surface area contributed by atoms with Crippen LogP contribution in [0.4, 0.5) is 0 Å². The lowest BCUT2D eigenvalue weighted by atomic mass is 9.86. The minimum absolute atomic E-state index is 0. The predicted molar refractivity (Wildman–Crippen MR) is 87.3 cm³/mol. The number of hydrogen-bond acceptors (Lipinski definition) is 6. The molecule has 24 heavy (non-hydrogen) atoms. The summed E-state index contributed by atoms with van der Waals surface area (Å²) in [5, 5.41) is 13.7. The third kappa shape index (κ3) is 4.34. The van der Waals surface area contributed by atoms with E-state index in [-0.39, 0.29) is 30.3 Å². The van der Waals surface area contributed by atoms with Gasteiger partial charge in [-0.1, -0.05) is 0 Å². The van der Waals surface area contributed by atoms with Crippen LogP contribution in [0.3, 0.4) is 0 Å². The quantitative estimate of drug-likeness (QED) is 0.217. The zero-order valence-electron chi connectivity index (χ0n) is 13.2. The van der Waals surface area contributed by atoms with Gasteiger partial charge >= 0.3 is 5.97 Å². The summed E-state index contributed by atoms with van der Waals surface area (Å²) in [5.74, 6) is -2.03. The molecule has 11 heteroatoms. The van der Waals surface area contributed by atoms with Gasteiger partial charge in [-0.3, -0.25) is 24.7 Å². The van der Waals surface area contributed by atoms with E-state index >= 15 is 0 Å². The molecule has 2 amide bonds. The van der Waals surface area contributed by atoms with Crippen LogP contribution in [-0.2, 0) is 19.1 Å². The van der Waals surface area contributed by atoms with Crippen molar-refractivity contribution in [3.8, 4) is 0 Å². The van der Waals surface area contributed by atoms with Crippen LogP contribution < -0.4 is 16.5 Å². The van der Waals surface area contributed by atoms with Gasteiger partial charge in [-0.25, -0.2) is 5.43 Å². The number of nitrogens with two attached hydrogens (primary N) is 1. The lowest BCUT2D eigenvalue weighted by Gasteiger charge is -2.32. The Labute approximate surface area is 145 Å². The first kappa shape index (κ1) is 19.7. The van der Waals surface area contributed by atoms with Crippen LogP contribution in [0.25, 0.3) is 0 Å². The summed E-state index contributed by atoms with van der Waals surface area (Å²) in [6, 6.07) is -1.40. The monoisotopic (exact) mass is 360 g/mol. The lowest BCUT2D eigenvalue weighted by Crippen LogP contribution is -2.61. The second kappa shape index (κ2) is 8.48. The molecule has 0 aromatic rings. The van der Waals surface area contributed by atoms with Crippen molar-refractivity contribution >= 4 is 42.5 Å². The van der Waals surface area contributed by atoms with Crippen molar-refractivity contribution in [2.24, 2.45) is 16.8 Å². The second-order valence-corrected chi connectivity index (χ2v) is 5.50. The standard InChI is InChI=1S/C13H20N6O4.ClH/c1-23-12(22)7-2-4-8(5-3-7)17-10(20)9-11(21)18-16-6-19(9)13(14)15;/h6-9H,2-5H2,1H3,(H3,14,15)(H,17,20)(H,18,21);1H. The first-order chi connectivity index (χ1) is 10.9. The highest BCUT2D eigenvalue weighted by Crippen LogP contribution is 2.25. The van der Waals surface area contributed by atoms with Gasteiger partial charge in [0.1, 0.15) is 6.34 Å². The summed E-state index contributed by atoms with van der Waals surface area (Å²) in [7, 11) is 1.36. The van der Waals surface area contributed by atoms with Gasteiger partial charge in [-0.2, -0.15) is 5.10 Å². The average molecular weight is 361 g/mol. The summed E-state index contributed by atoms with van der Waals surface area (Å²) in [6.07, 6.45) is 3.60. The number of hydrazone groups is 1. The van der Waals surface area contributed by atoms with Crippen LogP contribution in [0.1, 0.15) is 25.7 Å². The highest BCUT2D eigenvalue weighted by molar-refractivity contribution is 6.11. The number of methoxy groups -OCH3 is 1. The van der Waals surface area contributed by atoms with E-state index in [1.807, 2.05) is 0 Å². The number of halogens is 1. The van der Waals surface area contributed by atoms with Gasteiger partial charge in [-0.05, 0) is 25.7 Å². The third-order valence-electron chi connectivity index (χ3n) is 4.02. The molecular weight excluding hydrogens is 340 g/mol. The van der Waals surface area contributed by atoms with Crippen molar-refractivity contribution in [1.82, 2.24) is 15.6 Å². The number of nitrogens with zero attached hydrogens (tertiary/aromatic N) is 2. The van der Waals surface area contributed by atoms with Crippen LogP contribution in [-0.4, -0.2) is 54.2 Å². The summed E-state index contributed by atoms with van der Waals surface area (Å²) >= 11 is 0. The Morgan fingerprint density at radius 2 is 2.04 bits per heavy atom. The van der Waals surface area contributed by atoms with Crippen molar-refractivity contribution in [2.75, 3.05) is 7.11 Å². The van der Waals surface area contributed by atoms with Crippen LogP contribution >= 0.6 is 12.4 Å². The third-order valence-corrected chi connectivity index (χ3v) is 4.02. The number of rotatable bonds is 3. The fourth-order valence-electron chi connectivity index (χ4n) is 2.78. The number of guanidine groups is 1. The van der Waals surface area contributed by atoms with Gasteiger partial charge < -0.3 is 15.8 Å². The molecule has 1 aliphatic heterocycles. The van der Waals surface area contributed by atoms with Gasteiger partial charge in [-0.15, -0.1) is 12.4 Å². The predicted octanol–water partition coefficient (Wildman–Crippen LogP) is -1.11. The van der Waals surface area contributed by atoms with E-state index in [2.05, 4.69) is 15.8 Å². The number of carbonyl (C=O) groups excluding carboxylic acids is 3. The normalized spacial score (nSPS) is 26.0. The molecule has 0 radical (unpaired) electrons. The maximum Gasteiger partial charge on any atom is 0.308 e. The van der Waals surface area contributed by atoms with Crippen LogP contribution in [0.2, 0.25) is 0 Å². The molecule has 5 N–H and O–H groups in total. The topological polar surface area (TPSA) is 150 Å². The number of hydrogen-bond donors (Lipinski definition) is 4. The molecule has 2 rings (SSSR count). The van der Waals surface area contributed by atoms with Crippen molar-refractivity contribution in [2.45, 2.75) is 37.8 Å². The highest BCUT2D eigenvalue weighted by atomic mass is 35.5. The molecular formula is C13H21ClN6O4. The van der Waals surface area contributed by atoms with Crippen molar-refractivity contribution in [3.63, 3.8) is 0 Å². The fourth-order valence-corrected chi connectivity index (χ4v) is 2.78. The number of carbonyl (C=O) groups is 3. The molecule has 0 aromatic heterocycles. The van der Waals surface area contributed by atoms with Gasteiger partial charge in [0, 0.05) is 6.04 Å². The van der Waals surface area contributed by atoms with Gasteiger partial charge in [0.15, 0.2) is 12.0 Å². The zero-order chi connectivity index (χ0) is 17.0. The van der Waals surface area contributed by atoms with E-state index in [0.717, 1.165) is 11.2 Å². The van der Waals surface area contributed by atoms with E-state index in [1.54, 1.807) is 0 Å². The van der Waals surface area contributed by atoms with Gasteiger partial charge in [0.05, 0.1) is 13.0 Å². The lowest BCUT2D eigenvalue weighted by molar-refractivity contribution is -0.146. The summed E-state index contributed by atoms with van der Waals surface area (Å²) in [6.45, 7) is 0. The minimum Gasteiger partial charge on any atom is -0.469 e. The zero-order valence-corrected chi connectivity index (χ0v) is 14.0. The van der Waals surface area contributed by atoms with Crippen molar-refractivity contribution in [3.05, 3.63) is 0 Å². The molecule has 0 saturated heterocycles. The summed E-state index contributed by atoms with van der Waals surface area (Å²) in [4.78, 5) is 36.7. The smallest absolute Gasteiger partial charge is 0.308 e. The van der Waals surface area contributed by atoms with Crippen LogP contribution in [0.5, 0.6) is 0 Å². The molecule has 2 aliphatic rings. The highest BCUT2D eigenvalue weighted by Gasteiger charge is 2.37. The van der Waals surface area contributed by atoms with E-state index in [0.29, 0.717) is 25.7 Å². The van der Waals surface area contributed by atoms with Gasteiger partial charge in [0.25, 0.3) is 11.8 Å². The Morgan fingerprint density at radius 1 is 1.42 bits per heavy atom.